The molecule has 0 atom stereocenters. The Labute approximate surface area is 119 Å². The molecule has 104 valence electrons. The molecule has 0 fully saturated rings. The maximum Gasteiger partial charge on any atom is 0.188 e. The van der Waals surface area contributed by atoms with Crippen LogP contribution in [0.2, 0.25) is 0 Å². The first-order valence-electron chi connectivity index (χ1n) is 6.36. The van der Waals surface area contributed by atoms with E-state index in [1.807, 2.05) is 48.5 Å². The first-order chi connectivity index (χ1) is 9.81. The van der Waals surface area contributed by atoms with Gasteiger partial charge in [0.05, 0.1) is 7.11 Å². The molecule has 0 aromatic heterocycles. The molecule has 3 nitrogen and oxygen atoms in total. The molecule has 2 rings (SSSR count). The van der Waals surface area contributed by atoms with Crippen LogP contribution in [0.15, 0.2) is 48.5 Å². The van der Waals surface area contributed by atoms with Crippen molar-refractivity contribution in [3.05, 3.63) is 59.7 Å². The van der Waals surface area contributed by atoms with E-state index in [0.717, 1.165) is 22.6 Å². The standard InChI is InChI=1S/C17H18O3/c1-18-13-20-17-11-7-15(8-12-17)4-3-14-5-9-16(19-2)10-6-14/h3-12H,13H2,1-2H3/b4-3+. The van der Waals surface area contributed by atoms with Crippen molar-refractivity contribution in [2.45, 2.75) is 0 Å². The van der Waals surface area contributed by atoms with Gasteiger partial charge in [-0.25, -0.2) is 0 Å². The Kier molecular flexibility index (Phi) is 5.21. The molecular weight excluding hydrogens is 252 g/mol. The lowest BCUT2D eigenvalue weighted by Crippen LogP contribution is -1.98. The van der Waals surface area contributed by atoms with E-state index in [1.54, 1.807) is 14.2 Å². The monoisotopic (exact) mass is 270 g/mol. The predicted molar refractivity (Wildman–Crippen MR) is 80.9 cm³/mol. The van der Waals surface area contributed by atoms with E-state index in [4.69, 9.17) is 14.2 Å². The summed E-state index contributed by atoms with van der Waals surface area (Å²) in [6.07, 6.45) is 4.12. The van der Waals surface area contributed by atoms with E-state index >= 15 is 0 Å². The SMILES string of the molecule is COCOc1ccc(/C=C/c2ccc(OC)cc2)cc1. The normalized spacial score (nSPS) is 10.7. The topological polar surface area (TPSA) is 27.7 Å². The third-order valence-corrected chi connectivity index (χ3v) is 2.81. The minimum Gasteiger partial charge on any atom is -0.497 e. The summed E-state index contributed by atoms with van der Waals surface area (Å²) in [6.45, 7) is 0.265. The molecule has 0 aliphatic carbocycles. The van der Waals surface area contributed by atoms with E-state index in [1.165, 1.54) is 0 Å². The molecule has 0 aliphatic rings. The van der Waals surface area contributed by atoms with Gasteiger partial charge >= 0.3 is 0 Å². The number of ether oxygens (including phenoxy) is 3. The molecule has 0 aliphatic heterocycles. The zero-order valence-electron chi connectivity index (χ0n) is 11.7. The molecule has 2 aromatic rings. The molecule has 0 spiro atoms. The summed E-state index contributed by atoms with van der Waals surface area (Å²) in [6, 6.07) is 15.8. The number of hydrogen-bond donors (Lipinski definition) is 0. The Morgan fingerprint density at radius 1 is 0.750 bits per heavy atom. The van der Waals surface area contributed by atoms with Crippen molar-refractivity contribution in [2.24, 2.45) is 0 Å². The van der Waals surface area contributed by atoms with E-state index in [9.17, 15) is 0 Å². The molecule has 0 bridgehead atoms. The minimum atomic E-state index is 0.265. The van der Waals surface area contributed by atoms with Gasteiger partial charge in [-0.3, -0.25) is 0 Å². The van der Waals surface area contributed by atoms with Crippen LogP contribution in [0, 0.1) is 0 Å². The number of rotatable bonds is 6. The van der Waals surface area contributed by atoms with Crippen molar-refractivity contribution in [1.82, 2.24) is 0 Å². The predicted octanol–water partition coefficient (Wildman–Crippen LogP) is 3.85. The van der Waals surface area contributed by atoms with Gasteiger partial charge in [-0.2, -0.15) is 0 Å². The van der Waals surface area contributed by atoms with Crippen LogP contribution in [0.3, 0.4) is 0 Å². The lowest BCUT2D eigenvalue weighted by molar-refractivity contribution is 0.0511. The van der Waals surface area contributed by atoms with Gasteiger partial charge in [0, 0.05) is 7.11 Å². The van der Waals surface area contributed by atoms with E-state index in [-0.39, 0.29) is 6.79 Å². The first kappa shape index (κ1) is 14.2. The molecule has 0 amide bonds. The summed E-state index contributed by atoms with van der Waals surface area (Å²) in [4.78, 5) is 0. The smallest absolute Gasteiger partial charge is 0.188 e. The highest BCUT2D eigenvalue weighted by Gasteiger charge is 1.93. The van der Waals surface area contributed by atoms with Crippen LogP contribution in [-0.2, 0) is 4.74 Å². The third kappa shape index (κ3) is 4.14. The number of methoxy groups -OCH3 is 2. The van der Waals surface area contributed by atoms with Gasteiger partial charge in [-0.15, -0.1) is 0 Å². The largest absolute Gasteiger partial charge is 0.497 e. The molecule has 0 saturated heterocycles. The highest BCUT2D eigenvalue weighted by molar-refractivity contribution is 5.70. The minimum absolute atomic E-state index is 0.265. The van der Waals surface area contributed by atoms with Crippen molar-refractivity contribution < 1.29 is 14.2 Å². The summed E-state index contributed by atoms with van der Waals surface area (Å²) in [5.74, 6) is 1.66. The lowest BCUT2D eigenvalue weighted by Gasteiger charge is -2.04. The molecule has 0 radical (unpaired) electrons. The van der Waals surface area contributed by atoms with Crippen molar-refractivity contribution >= 4 is 12.2 Å². The average Bonchev–Trinajstić information content (AvgIpc) is 2.52. The van der Waals surface area contributed by atoms with Gasteiger partial charge in [0.25, 0.3) is 0 Å². The summed E-state index contributed by atoms with van der Waals surface area (Å²) in [5.41, 5.74) is 2.25. The van der Waals surface area contributed by atoms with Crippen LogP contribution < -0.4 is 9.47 Å². The van der Waals surface area contributed by atoms with Crippen molar-refractivity contribution in [3.8, 4) is 11.5 Å². The number of benzene rings is 2. The van der Waals surface area contributed by atoms with Crippen LogP contribution in [0.5, 0.6) is 11.5 Å². The maximum atomic E-state index is 5.34. The molecule has 3 heteroatoms. The van der Waals surface area contributed by atoms with Gasteiger partial charge in [0.1, 0.15) is 11.5 Å². The molecule has 20 heavy (non-hydrogen) atoms. The quantitative estimate of drug-likeness (QED) is 0.589. The Morgan fingerprint density at radius 3 is 1.70 bits per heavy atom. The fourth-order valence-electron chi connectivity index (χ4n) is 1.71. The zero-order chi connectivity index (χ0) is 14.2. The molecule has 0 N–H and O–H groups in total. The third-order valence-electron chi connectivity index (χ3n) is 2.81. The average molecular weight is 270 g/mol. The van der Waals surface area contributed by atoms with E-state index in [2.05, 4.69) is 12.2 Å². The van der Waals surface area contributed by atoms with Crippen LogP contribution in [0.1, 0.15) is 11.1 Å². The highest BCUT2D eigenvalue weighted by atomic mass is 16.7. The van der Waals surface area contributed by atoms with Gasteiger partial charge in [0.15, 0.2) is 6.79 Å². The van der Waals surface area contributed by atoms with E-state index in [0.29, 0.717) is 0 Å². The first-order valence-corrected chi connectivity index (χ1v) is 6.36. The second-order valence-electron chi connectivity index (χ2n) is 4.23. The van der Waals surface area contributed by atoms with Crippen molar-refractivity contribution in [3.63, 3.8) is 0 Å². The molecule has 0 saturated carbocycles. The van der Waals surface area contributed by atoms with Crippen LogP contribution in [0.4, 0.5) is 0 Å². The summed E-state index contributed by atoms with van der Waals surface area (Å²) < 4.78 is 15.3. The summed E-state index contributed by atoms with van der Waals surface area (Å²) >= 11 is 0. The van der Waals surface area contributed by atoms with Crippen LogP contribution in [0.25, 0.3) is 12.2 Å². The molecule has 0 heterocycles. The number of hydrogen-bond acceptors (Lipinski definition) is 3. The molecule has 2 aromatic carbocycles. The van der Waals surface area contributed by atoms with Crippen LogP contribution >= 0.6 is 0 Å². The summed E-state index contributed by atoms with van der Waals surface area (Å²) in [7, 11) is 3.27. The molecular formula is C17H18O3. The highest BCUT2D eigenvalue weighted by Crippen LogP contribution is 2.16. The second kappa shape index (κ2) is 7.36. The van der Waals surface area contributed by atoms with Gasteiger partial charge in [-0.05, 0) is 35.4 Å². The fourth-order valence-corrected chi connectivity index (χ4v) is 1.71. The zero-order valence-corrected chi connectivity index (χ0v) is 11.7. The van der Waals surface area contributed by atoms with Crippen molar-refractivity contribution in [1.29, 1.82) is 0 Å². The van der Waals surface area contributed by atoms with Gasteiger partial charge in [-0.1, -0.05) is 36.4 Å². The Morgan fingerprint density at radius 2 is 1.25 bits per heavy atom. The van der Waals surface area contributed by atoms with Gasteiger partial charge < -0.3 is 14.2 Å². The molecule has 0 unspecified atom stereocenters. The van der Waals surface area contributed by atoms with Crippen LogP contribution in [-0.4, -0.2) is 21.0 Å². The van der Waals surface area contributed by atoms with E-state index < -0.39 is 0 Å². The lowest BCUT2D eigenvalue weighted by atomic mass is 10.1. The Balaban J connectivity index is 1.99. The Hall–Kier alpha value is -2.26. The maximum absolute atomic E-state index is 5.34. The summed E-state index contributed by atoms with van der Waals surface area (Å²) in [5, 5.41) is 0. The Bertz CT molecular complexity index is 541. The fraction of sp³-hybridized carbons (Fsp3) is 0.176. The van der Waals surface area contributed by atoms with Crippen molar-refractivity contribution in [2.75, 3.05) is 21.0 Å². The second-order valence-corrected chi connectivity index (χ2v) is 4.23. The van der Waals surface area contributed by atoms with Gasteiger partial charge in [0.2, 0.25) is 0 Å².